The van der Waals surface area contributed by atoms with Gasteiger partial charge in [-0.1, -0.05) is 57.2 Å². The van der Waals surface area contributed by atoms with Crippen LogP contribution in [-0.4, -0.2) is 6.16 Å². The Morgan fingerprint density at radius 3 is 2.45 bits per heavy atom. The molecule has 0 radical (unpaired) electrons. The van der Waals surface area contributed by atoms with Gasteiger partial charge in [0.15, 0.2) is 0 Å². The molecule has 0 fully saturated rings. The fraction of sp³-hybridized carbons (Fsp3) is 0.294. The molecule has 2 aromatic rings. The lowest BCUT2D eigenvalue weighted by molar-refractivity contribution is 0.588. The average Bonchev–Trinajstić information content (AvgIpc) is 2.71. The molecule has 3 rings (SSSR count). The van der Waals surface area contributed by atoms with Crippen LogP contribution in [0.1, 0.15) is 32.3 Å². The Hall–Kier alpha value is -1.53. The standard InChI is InChI=1S/C17H20NOP/c1-4-20(19)15-8-6-5-7-13(15)14-10-9-12(11(2)3)16(18)17(14)20/h5-11H,4,18H2,1-3H3. The third-order valence-electron chi connectivity index (χ3n) is 4.26. The second kappa shape index (κ2) is 4.49. The van der Waals surface area contributed by atoms with Crippen LogP contribution < -0.4 is 16.3 Å². The number of benzene rings is 2. The number of anilines is 1. The Balaban J connectivity index is 2.40. The third kappa shape index (κ3) is 1.61. The van der Waals surface area contributed by atoms with Crippen molar-refractivity contribution >= 4 is 23.4 Å². The first-order valence-electron chi connectivity index (χ1n) is 7.12. The maximum Gasteiger partial charge on any atom is 0.146 e. The monoisotopic (exact) mass is 285 g/mol. The molecular weight excluding hydrogens is 265 g/mol. The number of fused-ring (bicyclic) bond motifs is 3. The molecule has 1 unspecified atom stereocenters. The molecule has 3 heteroatoms. The summed E-state index contributed by atoms with van der Waals surface area (Å²) in [5.41, 5.74) is 10.4. The first-order chi connectivity index (χ1) is 9.50. The highest BCUT2D eigenvalue weighted by atomic mass is 31.2. The van der Waals surface area contributed by atoms with E-state index >= 15 is 0 Å². The molecule has 0 saturated carbocycles. The first kappa shape index (κ1) is 13.5. The Morgan fingerprint density at radius 1 is 1.10 bits per heavy atom. The second-order valence-electron chi connectivity index (χ2n) is 5.69. The molecule has 1 aliphatic heterocycles. The first-order valence-corrected chi connectivity index (χ1v) is 9.02. The highest BCUT2D eigenvalue weighted by Gasteiger charge is 2.39. The summed E-state index contributed by atoms with van der Waals surface area (Å²) in [6, 6.07) is 12.2. The molecule has 20 heavy (non-hydrogen) atoms. The average molecular weight is 285 g/mol. The van der Waals surface area contributed by atoms with Crippen molar-refractivity contribution in [3.8, 4) is 11.1 Å². The molecule has 0 aliphatic carbocycles. The lowest BCUT2D eigenvalue weighted by Crippen LogP contribution is -2.17. The third-order valence-corrected chi connectivity index (χ3v) is 7.53. The predicted molar refractivity (Wildman–Crippen MR) is 87.8 cm³/mol. The van der Waals surface area contributed by atoms with E-state index in [4.69, 9.17) is 5.73 Å². The van der Waals surface area contributed by atoms with Crippen LogP contribution >= 0.6 is 7.14 Å². The molecule has 0 bridgehead atoms. The van der Waals surface area contributed by atoms with Gasteiger partial charge in [-0.2, -0.15) is 0 Å². The van der Waals surface area contributed by atoms with Crippen molar-refractivity contribution in [3.05, 3.63) is 42.0 Å². The Labute approximate surface area is 120 Å². The van der Waals surface area contributed by atoms with E-state index in [0.717, 1.165) is 33.0 Å². The van der Waals surface area contributed by atoms with Gasteiger partial charge in [0, 0.05) is 22.5 Å². The number of rotatable bonds is 2. The summed E-state index contributed by atoms with van der Waals surface area (Å²) in [6.45, 7) is 6.24. The largest absolute Gasteiger partial charge is 0.398 e. The zero-order valence-electron chi connectivity index (χ0n) is 12.2. The van der Waals surface area contributed by atoms with E-state index in [2.05, 4.69) is 32.0 Å². The van der Waals surface area contributed by atoms with Gasteiger partial charge in [-0.25, -0.2) is 0 Å². The summed E-state index contributed by atoms with van der Waals surface area (Å²) in [7, 11) is -2.56. The van der Waals surface area contributed by atoms with E-state index in [-0.39, 0.29) is 0 Å². The minimum Gasteiger partial charge on any atom is -0.398 e. The molecule has 0 aromatic heterocycles. The van der Waals surface area contributed by atoms with Crippen molar-refractivity contribution in [2.24, 2.45) is 0 Å². The number of nitrogens with two attached hydrogens (primary N) is 1. The minimum atomic E-state index is -2.56. The van der Waals surface area contributed by atoms with Crippen LogP contribution in [0.15, 0.2) is 36.4 Å². The van der Waals surface area contributed by atoms with E-state index in [9.17, 15) is 4.57 Å². The van der Waals surface area contributed by atoms with E-state index < -0.39 is 7.14 Å². The topological polar surface area (TPSA) is 43.1 Å². The van der Waals surface area contributed by atoms with Gasteiger partial charge < -0.3 is 10.3 Å². The molecule has 1 aliphatic rings. The summed E-state index contributed by atoms with van der Waals surface area (Å²) in [5.74, 6) is 0.342. The molecule has 2 nitrogen and oxygen atoms in total. The molecule has 1 heterocycles. The molecule has 0 amide bonds. The van der Waals surface area contributed by atoms with Crippen molar-refractivity contribution in [2.45, 2.75) is 26.7 Å². The number of hydrogen-bond acceptors (Lipinski definition) is 2. The SMILES string of the molecule is CCP1(=O)c2ccccc2-c2ccc(C(C)C)c(N)c21. The molecule has 104 valence electrons. The van der Waals surface area contributed by atoms with E-state index in [0.29, 0.717) is 12.1 Å². The van der Waals surface area contributed by atoms with Gasteiger partial charge in [0.2, 0.25) is 0 Å². The Morgan fingerprint density at radius 2 is 1.80 bits per heavy atom. The summed E-state index contributed by atoms with van der Waals surface area (Å²) in [5, 5.41) is 1.87. The van der Waals surface area contributed by atoms with Crippen LogP contribution in [0.5, 0.6) is 0 Å². The Bertz CT molecular complexity index is 734. The second-order valence-corrected chi connectivity index (χ2v) is 8.73. The summed E-state index contributed by atoms with van der Waals surface area (Å²) in [4.78, 5) is 0. The van der Waals surface area contributed by atoms with E-state index in [1.807, 2.05) is 25.1 Å². The number of hydrogen-bond donors (Lipinski definition) is 1. The van der Waals surface area contributed by atoms with Crippen LogP contribution in [0, 0.1) is 0 Å². The smallest absolute Gasteiger partial charge is 0.146 e. The molecule has 0 spiro atoms. The van der Waals surface area contributed by atoms with Gasteiger partial charge in [0.25, 0.3) is 0 Å². The van der Waals surface area contributed by atoms with Crippen molar-refractivity contribution in [2.75, 3.05) is 11.9 Å². The zero-order valence-corrected chi connectivity index (χ0v) is 13.1. The molecular formula is C17H20NOP. The Kier molecular flexibility index (Phi) is 3.02. The van der Waals surface area contributed by atoms with Crippen LogP contribution in [0.25, 0.3) is 11.1 Å². The van der Waals surface area contributed by atoms with Gasteiger partial charge in [-0.15, -0.1) is 0 Å². The van der Waals surface area contributed by atoms with Crippen molar-refractivity contribution in [1.82, 2.24) is 0 Å². The highest BCUT2D eigenvalue weighted by Crippen LogP contribution is 2.54. The van der Waals surface area contributed by atoms with Crippen LogP contribution in [0.2, 0.25) is 0 Å². The molecule has 2 aromatic carbocycles. The maximum absolute atomic E-state index is 13.5. The van der Waals surface area contributed by atoms with Crippen molar-refractivity contribution < 1.29 is 4.57 Å². The fourth-order valence-corrected chi connectivity index (χ4v) is 6.11. The highest BCUT2D eigenvalue weighted by molar-refractivity contribution is 7.80. The van der Waals surface area contributed by atoms with Crippen LogP contribution in [0.3, 0.4) is 0 Å². The summed E-state index contributed by atoms with van der Waals surface area (Å²) in [6.07, 6.45) is 0.628. The maximum atomic E-state index is 13.5. The van der Waals surface area contributed by atoms with Crippen LogP contribution in [0.4, 0.5) is 5.69 Å². The normalized spacial score (nSPS) is 20.0. The predicted octanol–water partition coefficient (Wildman–Crippen LogP) is 3.71. The van der Waals surface area contributed by atoms with E-state index in [1.165, 1.54) is 0 Å². The molecule has 1 atom stereocenters. The number of nitrogen functional groups attached to an aromatic ring is 1. The quantitative estimate of drug-likeness (QED) is 0.675. The minimum absolute atomic E-state index is 0.342. The fourth-order valence-electron chi connectivity index (χ4n) is 3.20. The lowest BCUT2D eigenvalue weighted by Gasteiger charge is -2.18. The van der Waals surface area contributed by atoms with Crippen molar-refractivity contribution in [1.29, 1.82) is 0 Å². The van der Waals surface area contributed by atoms with Crippen LogP contribution in [-0.2, 0) is 4.57 Å². The molecule has 0 saturated heterocycles. The van der Waals surface area contributed by atoms with Gasteiger partial charge in [-0.3, -0.25) is 0 Å². The summed E-state index contributed by atoms with van der Waals surface area (Å²) < 4.78 is 13.5. The van der Waals surface area contributed by atoms with Crippen molar-refractivity contribution in [3.63, 3.8) is 0 Å². The summed E-state index contributed by atoms with van der Waals surface area (Å²) >= 11 is 0. The lowest BCUT2D eigenvalue weighted by atomic mass is 9.97. The van der Waals surface area contributed by atoms with Gasteiger partial charge in [0.05, 0.1) is 0 Å². The zero-order chi connectivity index (χ0) is 14.5. The molecule has 2 N–H and O–H groups in total. The van der Waals surface area contributed by atoms with Gasteiger partial charge in [0.1, 0.15) is 7.14 Å². The van der Waals surface area contributed by atoms with Gasteiger partial charge in [-0.05, 0) is 22.6 Å². The van der Waals surface area contributed by atoms with Gasteiger partial charge >= 0.3 is 0 Å². The van der Waals surface area contributed by atoms with E-state index in [1.54, 1.807) is 0 Å².